The molecule has 0 saturated carbocycles. The minimum Gasteiger partial charge on any atom is -0.339 e. The Morgan fingerprint density at radius 2 is 1.86 bits per heavy atom. The SMILES string of the molecule is CC(=O)N1CCN(C(=O)c2cc3nccc(Cl)c3s2)CC1.Cl. The molecule has 0 aliphatic carbocycles. The molecule has 0 spiro atoms. The zero-order valence-corrected chi connectivity index (χ0v) is 14.3. The van der Waals surface area contributed by atoms with Gasteiger partial charge in [-0.1, -0.05) is 11.6 Å². The second-order valence-electron chi connectivity index (χ2n) is 4.92. The summed E-state index contributed by atoms with van der Waals surface area (Å²) in [6.45, 7) is 3.86. The van der Waals surface area contributed by atoms with E-state index in [2.05, 4.69) is 4.98 Å². The molecule has 0 radical (unpaired) electrons. The minimum absolute atomic E-state index is 0. The fraction of sp³-hybridized carbons (Fsp3) is 0.357. The van der Waals surface area contributed by atoms with Gasteiger partial charge in [-0.25, -0.2) is 0 Å². The Hall–Kier alpha value is -1.37. The molecule has 8 heteroatoms. The Bertz CT molecular complexity index is 711. The third-order valence-corrected chi connectivity index (χ3v) is 5.16. The van der Waals surface area contributed by atoms with Gasteiger partial charge in [0.1, 0.15) is 0 Å². The van der Waals surface area contributed by atoms with Crippen molar-refractivity contribution in [1.82, 2.24) is 14.8 Å². The molecule has 0 unspecified atom stereocenters. The second-order valence-corrected chi connectivity index (χ2v) is 6.38. The number of nitrogens with zero attached hydrogens (tertiary/aromatic N) is 3. The summed E-state index contributed by atoms with van der Waals surface area (Å²) in [7, 11) is 0. The molecule has 0 bridgehead atoms. The molecule has 1 aliphatic heterocycles. The zero-order chi connectivity index (χ0) is 15.0. The third-order valence-electron chi connectivity index (χ3n) is 3.59. The second kappa shape index (κ2) is 6.81. The molecular weight excluding hydrogens is 345 g/mol. The van der Waals surface area contributed by atoms with Crippen molar-refractivity contribution < 1.29 is 9.59 Å². The molecule has 0 atom stereocenters. The Kier molecular flexibility index (Phi) is 5.26. The van der Waals surface area contributed by atoms with Crippen LogP contribution in [0, 0.1) is 0 Å². The standard InChI is InChI=1S/C14H14ClN3O2S.ClH/c1-9(19)17-4-6-18(7-5-17)14(20)12-8-11-13(21-12)10(15)2-3-16-11;/h2-3,8H,4-7H2,1H3;1H. The largest absolute Gasteiger partial charge is 0.339 e. The maximum absolute atomic E-state index is 12.5. The molecule has 22 heavy (non-hydrogen) atoms. The van der Waals surface area contributed by atoms with Crippen LogP contribution in [0.2, 0.25) is 5.02 Å². The van der Waals surface area contributed by atoms with Crippen molar-refractivity contribution in [2.45, 2.75) is 6.92 Å². The molecule has 2 aromatic heterocycles. The summed E-state index contributed by atoms with van der Waals surface area (Å²) in [5.74, 6) is 0.0391. The molecular formula is C14H15Cl2N3O2S. The number of carbonyl (C=O) groups is 2. The van der Waals surface area contributed by atoms with Gasteiger partial charge in [0.05, 0.1) is 20.1 Å². The molecule has 3 heterocycles. The van der Waals surface area contributed by atoms with Gasteiger partial charge in [0, 0.05) is 39.3 Å². The lowest BCUT2D eigenvalue weighted by atomic mass is 10.3. The highest BCUT2D eigenvalue weighted by molar-refractivity contribution is 7.21. The number of halogens is 2. The van der Waals surface area contributed by atoms with E-state index in [9.17, 15) is 9.59 Å². The molecule has 0 N–H and O–H groups in total. The van der Waals surface area contributed by atoms with Crippen LogP contribution in [0.15, 0.2) is 18.3 Å². The van der Waals surface area contributed by atoms with Gasteiger partial charge in [0.25, 0.3) is 5.91 Å². The fourth-order valence-electron chi connectivity index (χ4n) is 2.39. The average Bonchev–Trinajstić information content (AvgIpc) is 2.92. The molecule has 1 saturated heterocycles. The first kappa shape index (κ1) is 17.0. The normalized spacial score (nSPS) is 14.8. The maximum atomic E-state index is 12.5. The van der Waals surface area contributed by atoms with Crippen molar-refractivity contribution in [3.63, 3.8) is 0 Å². The lowest BCUT2D eigenvalue weighted by Gasteiger charge is -2.33. The maximum Gasteiger partial charge on any atom is 0.264 e. The number of rotatable bonds is 1. The van der Waals surface area contributed by atoms with Crippen LogP contribution in [0.25, 0.3) is 10.2 Å². The number of carbonyl (C=O) groups excluding carboxylic acids is 2. The molecule has 0 aromatic carbocycles. The summed E-state index contributed by atoms with van der Waals surface area (Å²) in [6, 6.07) is 3.51. The van der Waals surface area contributed by atoms with Crippen LogP contribution in [0.4, 0.5) is 0 Å². The first-order valence-corrected chi connectivity index (χ1v) is 7.84. The van der Waals surface area contributed by atoms with Crippen LogP contribution >= 0.6 is 35.3 Å². The van der Waals surface area contributed by atoms with Gasteiger partial charge in [-0.3, -0.25) is 14.6 Å². The number of piperazine rings is 1. The summed E-state index contributed by atoms with van der Waals surface area (Å²) in [6.07, 6.45) is 1.64. The van der Waals surface area contributed by atoms with Gasteiger partial charge in [0.15, 0.2) is 0 Å². The van der Waals surface area contributed by atoms with Crippen molar-refractivity contribution in [2.75, 3.05) is 26.2 Å². The number of amides is 2. The van der Waals surface area contributed by atoms with Gasteiger partial charge >= 0.3 is 0 Å². The summed E-state index contributed by atoms with van der Waals surface area (Å²) in [5, 5.41) is 0.616. The monoisotopic (exact) mass is 359 g/mol. The van der Waals surface area contributed by atoms with Crippen molar-refractivity contribution in [2.24, 2.45) is 0 Å². The topological polar surface area (TPSA) is 53.5 Å². The fourth-order valence-corrected chi connectivity index (χ4v) is 3.65. The predicted molar refractivity (Wildman–Crippen MR) is 90.0 cm³/mol. The van der Waals surface area contributed by atoms with E-state index >= 15 is 0 Å². The van der Waals surface area contributed by atoms with Gasteiger partial charge < -0.3 is 9.80 Å². The molecule has 5 nitrogen and oxygen atoms in total. The summed E-state index contributed by atoms with van der Waals surface area (Å²) in [4.78, 5) is 32.2. The van der Waals surface area contributed by atoms with Crippen LogP contribution in [-0.4, -0.2) is 52.8 Å². The quantitative estimate of drug-likeness (QED) is 0.786. The number of hydrogen-bond acceptors (Lipinski definition) is 4. The van der Waals surface area contributed by atoms with Crippen molar-refractivity contribution in [1.29, 1.82) is 0 Å². The Morgan fingerprint density at radius 3 is 2.45 bits per heavy atom. The van der Waals surface area contributed by atoms with E-state index in [1.807, 2.05) is 0 Å². The Labute approximate surface area is 143 Å². The van der Waals surface area contributed by atoms with Crippen molar-refractivity contribution in [3.8, 4) is 0 Å². The van der Waals surface area contributed by atoms with Crippen LogP contribution in [0.1, 0.15) is 16.6 Å². The van der Waals surface area contributed by atoms with Crippen molar-refractivity contribution in [3.05, 3.63) is 28.2 Å². The highest BCUT2D eigenvalue weighted by atomic mass is 35.5. The van der Waals surface area contributed by atoms with Gasteiger partial charge in [0.2, 0.25) is 5.91 Å². The summed E-state index contributed by atoms with van der Waals surface area (Å²) in [5.41, 5.74) is 0.748. The molecule has 2 amide bonds. The molecule has 1 fully saturated rings. The van der Waals surface area contributed by atoms with E-state index in [1.165, 1.54) is 11.3 Å². The van der Waals surface area contributed by atoms with Gasteiger partial charge in [-0.2, -0.15) is 0 Å². The summed E-state index contributed by atoms with van der Waals surface area (Å²) >= 11 is 7.48. The van der Waals surface area contributed by atoms with Crippen LogP contribution in [0.5, 0.6) is 0 Å². The minimum atomic E-state index is -0.0164. The number of hydrogen-bond donors (Lipinski definition) is 0. The van der Waals surface area contributed by atoms with Crippen LogP contribution < -0.4 is 0 Å². The highest BCUT2D eigenvalue weighted by Crippen LogP contribution is 2.31. The van der Waals surface area contributed by atoms with Gasteiger partial charge in [-0.05, 0) is 12.1 Å². The molecule has 2 aromatic rings. The van der Waals surface area contributed by atoms with Gasteiger partial charge in [-0.15, -0.1) is 23.7 Å². The van der Waals surface area contributed by atoms with E-state index in [0.717, 1.165) is 10.2 Å². The molecule has 118 valence electrons. The average molecular weight is 360 g/mol. The molecule has 1 aliphatic rings. The van der Waals surface area contributed by atoms with Crippen LogP contribution in [-0.2, 0) is 4.79 Å². The van der Waals surface area contributed by atoms with E-state index in [0.29, 0.717) is 36.1 Å². The highest BCUT2D eigenvalue weighted by Gasteiger charge is 2.24. The number of fused-ring (bicyclic) bond motifs is 1. The number of aromatic nitrogens is 1. The smallest absolute Gasteiger partial charge is 0.264 e. The van der Waals surface area contributed by atoms with E-state index < -0.39 is 0 Å². The third kappa shape index (κ3) is 3.19. The Balaban J connectivity index is 0.00000176. The predicted octanol–water partition coefficient (Wildman–Crippen LogP) is 2.68. The summed E-state index contributed by atoms with van der Waals surface area (Å²) < 4.78 is 0.838. The lowest BCUT2D eigenvalue weighted by Crippen LogP contribution is -2.49. The number of thiophene rings is 1. The lowest BCUT2D eigenvalue weighted by molar-refractivity contribution is -0.130. The zero-order valence-electron chi connectivity index (χ0n) is 11.9. The number of pyridine rings is 1. The first-order chi connectivity index (χ1) is 10.1. The van der Waals surface area contributed by atoms with Crippen molar-refractivity contribution >= 4 is 57.4 Å². The van der Waals surface area contributed by atoms with E-state index in [1.54, 1.807) is 35.1 Å². The molecule has 3 rings (SSSR count). The Morgan fingerprint density at radius 1 is 1.23 bits per heavy atom. The van der Waals surface area contributed by atoms with E-state index in [-0.39, 0.29) is 24.2 Å². The van der Waals surface area contributed by atoms with E-state index in [4.69, 9.17) is 11.6 Å². The first-order valence-electron chi connectivity index (χ1n) is 6.65. The van der Waals surface area contributed by atoms with Crippen LogP contribution in [0.3, 0.4) is 0 Å².